The fourth-order valence-electron chi connectivity index (χ4n) is 3.47. The predicted octanol–water partition coefficient (Wildman–Crippen LogP) is 4.91. The fraction of sp³-hybridized carbons (Fsp3) is 0.182. The van der Waals surface area contributed by atoms with Crippen molar-refractivity contribution in [3.05, 3.63) is 88.7 Å². The number of pyridine rings is 1. The van der Waals surface area contributed by atoms with Gasteiger partial charge in [0.1, 0.15) is 0 Å². The van der Waals surface area contributed by atoms with Gasteiger partial charge < -0.3 is 10.6 Å². The van der Waals surface area contributed by atoms with E-state index in [0.717, 1.165) is 36.3 Å². The number of fused-ring (bicyclic) bond motifs is 1. The Morgan fingerprint density at radius 1 is 1.10 bits per heavy atom. The lowest BCUT2D eigenvalue weighted by Crippen LogP contribution is -2.14. The van der Waals surface area contributed by atoms with Crippen molar-refractivity contribution in [1.29, 1.82) is 0 Å². The molecule has 0 saturated heterocycles. The number of nitrogens with one attached hydrogen (secondary N) is 2. The van der Waals surface area contributed by atoms with Crippen LogP contribution in [0.15, 0.2) is 60.8 Å². The van der Waals surface area contributed by atoms with Crippen molar-refractivity contribution in [3.8, 4) is 0 Å². The number of anilines is 2. The molecule has 0 spiro atoms. The summed E-state index contributed by atoms with van der Waals surface area (Å²) in [6.45, 7) is 0.802. The number of amides is 1. The van der Waals surface area contributed by atoms with E-state index in [9.17, 15) is 18.0 Å². The number of nitrogens with zero attached hydrogens (tertiary/aromatic N) is 1. The number of halogens is 3. The van der Waals surface area contributed by atoms with Gasteiger partial charge in [-0.05, 0) is 47.9 Å². The van der Waals surface area contributed by atoms with E-state index in [1.807, 2.05) is 12.1 Å². The number of rotatable bonds is 4. The third-order valence-electron chi connectivity index (χ3n) is 4.83. The van der Waals surface area contributed by atoms with Crippen molar-refractivity contribution < 1.29 is 18.0 Å². The van der Waals surface area contributed by atoms with Crippen LogP contribution in [0.1, 0.15) is 32.7 Å². The second-order valence-electron chi connectivity index (χ2n) is 6.87. The molecule has 2 aromatic carbocycles. The SMILES string of the molecule is O=C(Nc1ccnc(Cc2cccc(C(F)(F)F)c2)c1)c1cccc2c1CCN2. The zero-order valence-corrected chi connectivity index (χ0v) is 15.4. The number of alkyl halides is 3. The van der Waals surface area contributed by atoms with Crippen LogP contribution < -0.4 is 10.6 Å². The largest absolute Gasteiger partial charge is 0.416 e. The highest BCUT2D eigenvalue weighted by Gasteiger charge is 2.30. The van der Waals surface area contributed by atoms with Crippen LogP contribution in [0.25, 0.3) is 0 Å². The molecule has 2 N–H and O–H groups in total. The maximum Gasteiger partial charge on any atom is 0.416 e. The lowest BCUT2D eigenvalue weighted by molar-refractivity contribution is -0.137. The lowest BCUT2D eigenvalue weighted by Gasteiger charge is -2.11. The van der Waals surface area contributed by atoms with Crippen LogP contribution in [0.5, 0.6) is 0 Å². The molecule has 0 bridgehead atoms. The second kappa shape index (κ2) is 7.58. The van der Waals surface area contributed by atoms with Crippen LogP contribution in [0.3, 0.4) is 0 Å². The molecule has 4 nitrogen and oxygen atoms in total. The van der Waals surface area contributed by atoms with Crippen LogP contribution in [0.2, 0.25) is 0 Å². The van der Waals surface area contributed by atoms with Crippen LogP contribution in [-0.4, -0.2) is 17.4 Å². The zero-order valence-electron chi connectivity index (χ0n) is 15.4. The first-order valence-electron chi connectivity index (χ1n) is 9.18. The summed E-state index contributed by atoms with van der Waals surface area (Å²) < 4.78 is 38.7. The van der Waals surface area contributed by atoms with Gasteiger partial charge in [0.25, 0.3) is 5.91 Å². The monoisotopic (exact) mass is 397 g/mol. The van der Waals surface area contributed by atoms with Gasteiger partial charge in [-0.2, -0.15) is 13.2 Å². The standard InChI is InChI=1S/C22H18F3N3O/c23-22(24,25)15-4-1-3-14(11-15)12-17-13-16(7-9-26-17)28-21(29)19-5-2-6-20-18(19)8-10-27-20/h1-7,9,11,13,27H,8,10,12H2,(H,26,28,29). The van der Waals surface area contributed by atoms with Crippen LogP contribution in [0, 0.1) is 0 Å². The van der Waals surface area contributed by atoms with Gasteiger partial charge in [-0.1, -0.05) is 24.3 Å². The molecule has 1 amide bonds. The summed E-state index contributed by atoms with van der Waals surface area (Å²) in [4.78, 5) is 16.9. The molecular weight excluding hydrogens is 379 g/mol. The highest BCUT2D eigenvalue weighted by Crippen LogP contribution is 2.30. The minimum Gasteiger partial charge on any atom is -0.384 e. The Kier molecular flexibility index (Phi) is 4.96. The van der Waals surface area contributed by atoms with Crippen molar-refractivity contribution in [2.75, 3.05) is 17.2 Å². The molecule has 0 aliphatic carbocycles. The van der Waals surface area contributed by atoms with Crippen molar-refractivity contribution >= 4 is 17.3 Å². The molecule has 0 radical (unpaired) electrons. The van der Waals surface area contributed by atoms with Gasteiger partial charge in [-0.15, -0.1) is 0 Å². The van der Waals surface area contributed by atoms with Crippen LogP contribution in [0.4, 0.5) is 24.5 Å². The molecule has 0 unspecified atom stereocenters. The maximum absolute atomic E-state index is 12.9. The van der Waals surface area contributed by atoms with E-state index in [1.165, 1.54) is 12.3 Å². The molecule has 2 heterocycles. The summed E-state index contributed by atoms with van der Waals surface area (Å²) in [7, 11) is 0. The van der Waals surface area contributed by atoms with E-state index in [4.69, 9.17) is 0 Å². The predicted molar refractivity (Wildman–Crippen MR) is 105 cm³/mol. The molecule has 1 aliphatic rings. The third-order valence-corrected chi connectivity index (χ3v) is 4.83. The quantitative estimate of drug-likeness (QED) is 0.658. The van der Waals surface area contributed by atoms with Crippen LogP contribution in [-0.2, 0) is 19.0 Å². The van der Waals surface area contributed by atoms with Gasteiger partial charge in [0, 0.05) is 41.8 Å². The molecule has 1 aliphatic heterocycles. The number of benzene rings is 2. The average molecular weight is 397 g/mol. The lowest BCUT2D eigenvalue weighted by atomic mass is 10.0. The van der Waals surface area contributed by atoms with E-state index >= 15 is 0 Å². The van der Waals surface area contributed by atoms with Gasteiger partial charge in [0.05, 0.1) is 5.56 Å². The van der Waals surface area contributed by atoms with Gasteiger partial charge in [0.2, 0.25) is 0 Å². The van der Waals surface area contributed by atoms with Crippen molar-refractivity contribution in [3.63, 3.8) is 0 Å². The molecular formula is C22H18F3N3O. The Morgan fingerprint density at radius 2 is 1.93 bits per heavy atom. The zero-order chi connectivity index (χ0) is 20.4. The van der Waals surface area contributed by atoms with E-state index in [1.54, 1.807) is 24.3 Å². The van der Waals surface area contributed by atoms with E-state index in [-0.39, 0.29) is 12.3 Å². The smallest absolute Gasteiger partial charge is 0.384 e. The minimum absolute atomic E-state index is 0.221. The first-order valence-corrected chi connectivity index (χ1v) is 9.18. The molecule has 3 aromatic rings. The van der Waals surface area contributed by atoms with Crippen molar-refractivity contribution in [1.82, 2.24) is 4.98 Å². The van der Waals surface area contributed by atoms with Gasteiger partial charge >= 0.3 is 6.18 Å². The first-order chi connectivity index (χ1) is 13.9. The van der Waals surface area contributed by atoms with Crippen molar-refractivity contribution in [2.45, 2.75) is 19.0 Å². The summed E-state index contributed by atoms with van der Waals surface area (Å²) in [5.41, 5.74) is 3.51. The summed E-state index contributed by atoms with van der Waals surface area (Å²) >= 11 is 0. The maximum atomic E-state index is 12.9. The topological polar surface area (TPSA) is 54.0 Å². The van der Waals surface area contributed by atoms with Gasteiger partial charge in [0.15, 0.2) is 0 Å². The average Bonchev–Trinajstić information content (AvgIpc) is 3.16. The van der Waals surface area contributed by atoms with E-state index in [2.05, 4.69) is 15.6 Å². The number of aromatic nitrogens is 1. The molecule has 0 fully saturated rings. The minimum atomic E-state index is -4.38. The van der Waals surface area contributed by atoms with Crippen molar-refractivity contribution in [2.24, 2.45) is 0 Å². The number of hydrogen-bond acceptors (Lipinski definition) is 3. The number of carbonyl (C=O) groups excluding carboxylic acids is 1. The summed E-state index contributed by atoms with van der Waals surface area (Å²) in [6.07, 6.45) is -1.83. The molecule has 1 aromatic heterocycles. The summed E-state index contributed by atoms with van der Waals surface area (Å²) in [5, 5.41) is 6.10. The number of carbonyl (C=O) groups is 1. The summed E-state index contributed by atoms with van der Waals surface area (Å²) in [5.74, 6) is -0.221. The first kappa shape index (κ1) is 19.0. The highest BCUT2D eigenvalue weighted by molar-refractivity contribution is 6.06. The fourth-order valence-corrected chi connectivity index (χ4v) is 3.47. The normalized spacial score (nSPS) is 12.9. The molecule has 148 valence electrons. The molecule has 4 rings (SSSR count). The molecule has 0 atom stereocenters. The Morgan fingerprint density at radius 3 is 2.76 bits per heavy atom. The van der Waals surface area contributed by atoms with Crippen LogP contribution >= 0.6 is 0 Å². The molecule has 7 heteroatoms. The Hall–Kier alpha value is -3.35. The Balaban J connectivity index is 1.51. The Bertz CT molecular complexity index is 1060. The van der Waals surface area contributed by atoms with Gasteiger partial charge in [-0.3, -0.25) is 9.78 Å². The Labute approximate surface area is 165 Å². The highest BCUT2D eigenvalue weighted by atomic mass is 19.4. The molecule has 29 heavy (non-hydrogen) atoms. The number of hydrogen-bond donors (Lipinski definition) is 2. The third kappa shape index (κ3) is 4.23. The summed E-state index contributed by atoms with van der Waals surface area (Å²) in [6, 6.07) is 14.1. The van der Waals surface area contributed by atoms with E-state index in [0.29, 0.717) is 22.5 Å². The molecule has 0 saturated carbocycles. The second-order valence-corrected chi connectivity index (χ2v) is 6.87. The van der Waals surface area contributed by atoms with Gasteiger partial charge in [-0.25, -0.2) is 0 Å². The van der Waals surface area contributed by atoms with E-state index < -0.39 is 11.7 Å².